The first-order valence-electron chi connectivity index (χ1n) is 9.91. The molecule has 3 aliphatic heterocycles. The van der Waals surface area contributed by atoms with Gasteiger partial charge in [0, 0.05) is 17.5 Å². The summed E-state index contributed by atoms with van der Waals surface area (Å²) < 4.78 is 0. The minimum absolute atomic E-state index is 0.0728. The summed E-state index contributed by atoms with van der Waals surface area (Å²) in [4.78, 5) is 13.8. The van der Waals surface area contributed by atoms with Gasteiger partial charge in [0.05, 0.1) is 15.7 Å². The van der Waals surface area contributed by atoms with E-state index in [0.717, 1.165) is 43.7 Å². The van der Waals surface area contributed by atoms with Crippen LogP contribution in [0, 0.1) is 0 Å². The molecule has 30 heavy (non-hydrogen) atoms. The summed E-state index contributed by atoms with van der Waals surface area (Å²) in [6.07, 6.45) is 2.09. The zero-order valence-electron chi connectivity index (χ0n) is 16.2. The van der Waals surface area contributed by atoms with Gasteiger partial charge in [-0.1, -0.05) is 41.4 Å². The number of hydrogen-bond donors (Lipinski definition) is 1. The van der Waals surface area contributed by atoms with E-state index in [4.69, 9.17) is 28.9 Å². The Hall–Kier alpha value is -2.47. The summed E-state index contributed by atoms with van der Waals surface area (Å²) in [5.41, 5.74) is 10.9. The lowest BCUT2D eigenvalue weighted by atomic mass is 9.68. The van der Waals surface area contributed by atoms with Crippen LogP contribution < -0.4 is 5.73 Å². The largest absolute Gasteiger partial charge is 0.364 e. The summed E-state index contributed by atoms with van der Waals surface area (Å²) >= 11 is 12.6. The highest BCUT2D eigenvalue weighted by molar-refractivity contribution is 6.42. The predicted molar refractivity (Wildman–Crippen MR) is 118 cm³/mol. The van der Waals surface area contributed by atoms with Crippen LogP contribution in [0.1, 0.15) is 40.0 Å². The lowest BCUT2D eigenvalue weighted by Gasteiger charge is -2.39. The van der Waals surface area contributed by atoms with E-state index in [2.05, 4.69) is 39.4 Å². The Morgan fingerprint density at radius 2 is 1.77 bits per heavy atom. The Morgan fingerprint density at radius 1 is 0.967 bits per heavy atom. The Balaban J connectivity index is 1.61. The zero-order chi connectivity index (χ0) is 20.9. The fourth-order valence-corrected chi connectivity index (χ4v) is 5.11. The molecular formula is C23H20Cl2N4O. The highest BCUT2D eigenvalue weighted by atomic mass is 35.5. The first-order chi connectivity index (χ1) is 14.5. The average molecular weight is 439 g/mol. The molecule has 1 amide bonds. The van der Waals surface area contributed by atoms with Gasteiger partial charge in [-0.15, -0.1) is 10.2 Å². The van der Waals surface area contributed by atoms with E-state index in [1.54, 1.807) is 12.1 Å². The second-order valence-electron chi connectivity index (χ2n) is 8.03. The van der Waals surface area contributed by atoms with Crippen molar-refractivity contribution >= 4 is 29.1 Å². The van der Waals surface area contributed by atoms with Gasteiger partial charge in [-0.3, -0.25) is 9.69 Å². The summed E-state index contributed by atoms with van der Waals surface area (Å²) in [7, 11) is 0. The number of amides is 1. The van der Waals surface area contributed by atoms with E-state index >= 15 is 0 Å². The second-order valence-corrected chi connectivity index (χ2v) is 8.84. The number of nitrogens with zero attached hydrogens (tertiary/aromatic N) is 3. The smallest absolute Gasteiger partial charge is 0.269 e. The quantitative estimate of drug-likeness (QED) is 0.655. The predicted octanol–water partition coefficient (Wildman–Crippen LogP) is 4.44. The number of hydrogen-bond acceptors (Lipinski definition) is 4. The molecule has 152 valence electrons. The van der Waals surface area contributed by atoms with Crippen molar-refractivity contribution in [2.75, 3.05) is 13.1 Å². The molecule has 0 saturated carbocycles. The van der Waals surface area contributed by atoms with Crippen LogP contribution in [0.3, 0.4) is 0 Å². The molecule has 3 aromatic rings. The molecule has 2 bridgehead atoms. The molecule has 1 fully saturated rings. The van der Waals surface area contributed by atoms with Gasteiger partial charge in [0.25, 0.3) is 5.91 Å². The van der Waals surface area contributed by atoms with Gasteiger partial charge in [0.15, 0.2) is 5.69 Å². The average Bonchev–Trinajstić information content (AvgIpc) is 3.02. The van der Waals surface area contributed by atoms with Gasteiger partial charge < -0.3 is 5.73 Å². The number of nitrogens with two attached hydrogens (primary N) is 1. The highest BCUT2D eigenvalue weighted by Gasteiger charge is 2.42. The van der Waals surface area contributed by atoms with Crippen molar-refractivity contribution in [2.24, 2.45) is 5.73 Å². The number of aromatic nitrogens is 2. The Labute approximate surface area is 184 Å². The number of carbonyl (C=O) groups excluding carboxylic acids is 1. The molecule has 2 N–H and O–H groups in total. The molecule has 0 radical (unpaired) electrons. The van der Waals surface area contributed by atoms with Crippen molar-refractivity contribution in [3.63, 3.8) is 0 Å². The third kappa shape index (κ3) is 3.18. The van der Waals surface area contributed by atoms with Gasteiger partial charge >= 0.3 is 0 Å². The molecule has 4 heterocycles. The molecule has 0 aliphatic carbocycles. The van der Waals surface area contributed by atoms with Gasteiger partial charge in [0.2, 0.25) is 0 Å². The monoisotopic (exact) mass is 438 g/mol. The molecule has 0 unspecified atom stereocenters. The maximum atomic E-state index is 11.3. The van der Waals surface area contributed by atoms with Crippen LogP contribution in [0.25, 0.3) is 11.3 Å². The maximum absolute atomic E-state index is 11.3. The third-order valence-electron chi connectivity index (χ3n) is 6.41. The number of benzene rings is 2. The minimum Gasteiger partial charge on any atom is -0.364 e. The molecule has 1 aromatic heterocycles. The summed E-state index contributed by atoms with van der Waals surface area (Å²) in [6, 6.07) is 15.9. The van der Waals surface area contributed by atoms with Crippen molar-refractivity contribution in [2.45, 2.75) is 24.8 Å². The molecule has 3 aliphatic rings. The summed E-state index contributed by atoms with van der Waals surface area (Å²) in [6.45, 7) is 2.98. The van der Waals surface area contributed by atoms with Crippen molar-refractivity contribution < 1.29 is 4.79 Å². The highest BCUT2D eigenvalue weighted by Crippen LogP contribution is 2.47. The number of fused-ring (bicyclic) bond motifs is 2. The fourth-order valence-electron chi connectivity index (χ4n) is 4.81. The van der Waals surface area contributed by atoms with E-state index < -0.39 is 5.91 Å². The Kier molecular flexibility index (Phi) is 4.77. The molecule has 2 aromatic carbocycles. The second kappa shape index (κ2) is 7.34. The molecule has 0 atom stereocenters. The topological polar surface area (TPSA) is 72.1 Å². The molecule has 0 spiro atoms. The number of carbonyl (C=O) groups is 1. The minimum atomic E-state index is -0.580. The molecule has 7 heteroatoms. The number of piperidine rings is 1. The fraction of sp³-hybridized carbons (Fsp3) is 0.261. The van der Waals surface area contributed by atoms with E-state index in [1.807, 2.05) is 12.1 Å². The first kappa shape index (κ1) is 19.5. The van der Waals surface area contributed by atoms with Crippen molar-refractivity contribution in [3.8, 4) is 11.3 Å². The number of rotatable bonds is 3. The van der Waals surface area contributed by atoms with Gasteiger partial charge in [-0.2, -0.15) is 0 Å². The molecule has 1 saturated heterocycles. The van der Waals surface area contributed by atoms with Crippen molar-refractivity contribution in [3.05, 3.63) is 81.0 Å². The Bertz CT molecular complexity index is 1140. The van der Waals surface area contributed by atoms with Crippen LogP contribution >= 0.6 is 23.2 Å². The standard InChI is InChI=1S/C23H20Cl2N4O/c24-18-4-2-16(12-19(18)25)23-7-9-29(10-8-23)13-15-11-14(1-3-17(15)23)20-5-6-21(22(26)30)28-27-20/h1-6,11-12H,7-10,13H2,(H2,26,30). The van der Waals surface area contributed by atoms with Gasteiger partial charge in [-0.05, 0) is 73.0 Å². The molecule has 6 rings (SSSR count). The lowest BCUT2D eigenvalue weighted by Crippen LogP contribution is -2.39. The van der Waals surface area contributed by atoms with Crippen molar-refractivity contribution in [1.29, 1.82) is 0 Å². The van der Waals surface area contributed by atoms with Gasteiger partial charge in [-0.25, -0.2) is 0 Å². The van der Waals surface area contributed by atoms with Crippen LogP contribution in [0.2, 0.25) is 10.0 Å². The van der Waals surface area contributed by atoms with E-state index in [1.165, 1.54) is 16.7 Å². The van der Waals surface area contributed by atoms with Crippen LogP contribution in [0.4, 0.5) is 0 Å². The zero-order valence-corrected chi connectivity index (χ0v) is 17.7. The molecule has 5 nitrogen and oxygen atoms in total. The van der Waals surface area contributed by atoms with E-state index in [0.29, 0.717) is 10.0 Å². The molecular weight excluding hydrogens is 419 g/mol. The normalized spacial score (nSPS) is 22.4. The summed E-state index contributed by atoms with van der Waals surface area (Å²) in [5.74, 6) is -0.580. The van der Waals surface area contributed by atoms with Crippen LogP contribution in [0.15, 0.2) is 48.5 Å². The number of primary amides is 1. The van der Waals surface area contributed by atoms with Crippen LogP contribution in [0.5, 0.6) is 0 Å². The maximum Gasteiger partial charge on any atom is 0.269 e. The Morgan fingerprint density at radius 3 is 2.43 bits per heavy atom. The third-order valence-corrected chi connectivity index (χ3v) is 7.15. The van der Waals surface area contributed by atoms with Crippen LogP contribution in [-0.2, 0) is 12.0 Å². The number of halogens is 2. The SMILES string of the molecule is NC(=O)c1ccc(-c2ccc3c(c2)CN2CCC3(c3ccc(Cl)c(Cl)c3)CC2)nn1. The lowest BCUT2D eigenvalue weighted by molar-refractivity contribution is 0.0994. The first-order valence-corrected chi connectivity index (χ1v) is 10.7. The van der Waals surface area contributed by atoms with Crippen molar-refractivity contribution in [1.82, 2.24) is 15.1 Å². The van der Waals surface area contributed by atoms with Gasteiger partial charge in [0.1, 0.15) is 0 Å². The van der Waals surface area contributed by atoms with E-state index in [-0.39, 0.29) is 11.1 Å². The summed E-state index contributed by atoms with van der Waals surface area (Å²) in [5, 5.41) is 9.32. The van der Waals surface area contributed by atoms with Crippen LogP contribution in [-0.4, -0.2) is 34.1 Å². The van der Waals surface area contributed by atoms with E-state index in [9.17, 15) is 4.79 Å².